The van der Waals surface area contributed by atoms with Crippen molar-refractivity contribution in [2.75, 3.05) is 11.8 Å². The molecule has 0 spiro atoms. The molecule has 8 heteroatoms. The van der Waals surface area contributed by atoms with Gasteiger partial charge in [0.15, 0.2) is 5.76 Å². The van der Waals surface area contributed by atoms with E-state index in [0.717, 1.165) is 6.07 Å². The summed E-state index contributed by atoms with van der Waals surface area (Å²) >= 11 is 11.5. The highest BCUT2D eigenvalue weighted by molar-refractivity contribution is 6.22. The molecule has 1 heterocycles. The SMILES string of the molecule is CCC(CCl)(CCl)NC(=O)c1ccc([N+](=O)[O-])o1. The molecule has 100 valence electrons. The van der Waals surface area contributed by atoms with Crippen LogP contribution in [0.1, 0.15) is 23.9 Å². The number of nitrogens with zero attached hydrogens (tertiary/aromatic N) is 1. The number of amides is 1. The summed E-state index contributed by atoms with van der Waals surface area (Å²) in [7, 11) is 0. The number of carbonyl (C=O) groups is 1. The number of halogens is 2. The molecule has 0 aliphatic heterocycles. The molecule has 6 nitrogen and oxygen atoms in total. The van der Waals surface area contributed by atoms with Crippen molar-refractivity contribution in [1.29, 1.82) is 0 Å². The summed E-state index contributed by atoms with van der Waals surface area (Å²) in [6, 6.07) is 2.35. The van der Waals surface area contributed by atoms with E-state index in [-0.39, 0.29) is 17.5 Å². The zero-order valence-electron chi connectivity index (χ0n) is 9.61. The van der Waals surface area contributed by atoms with Gasteiger partial charge in [0.25, 0.3) is 5.91 Å². The zero-order valence-corrected chi connectivity index (χ0v) is 11.1. The summed E-state index contributed by atoms with van der Waals surface area (Å²) in [4.78, 5) is 21.5. The minimum absolute atomic E-state index is 0.140. The highest BCUT2D eigenvalue weighted by atomic mass is 35.5. The van der Waals surface area contributed by atoms with Crippen molar-refractivity contribution in [2.24, 2.45) is 0 Å². The van der Waals surface area contributed by atoms with Gasteiger partial charge in [0.2, 0.25) is 0 Å². The van der Waals surface area contributed by atoms with Crippen molar-refractivity contribution in [3.63, 3.8) is 0 Å². The molecule has 1 rings (SSSR count). The molecule has 18 heavy (non-hydrogen) atoms. The number of carbonyl (C=O) groups excluding carboxylic acids is 1. The predicted molar refractivity (Wildman–Crippen MR) is 67.3 cm³/mol. The Labute approximate surface area is 113 Å². The van der Waals surface area contributed by atoms with Gasteiger partial charge in [0.1, 0.15) is 4.92 Å². The van der Waals surface area contributed by atoms with Crippen molar-refractivity contribution in [3.05, 3.63) is 28.0 Å². The van der Waals surface area contributed by atoms with Crippen molar-refractivity contribution >= 4 is 35.0 Å². The molecule has 0 bridgehead atoms. The summed E-state index contributed by atoms with van der Waals surface area (Å²) in [6.07, 6.45) is 0.536. The molecule has 1 aromatic heterocycles. The van der Waals surface area contributed by atoms with E-state index in [4.69, 9.17) is 27.6 Å². The van der Waals surface area contributed by atoms with E-state index in [0.29, 0.717) is 6.42 Å². The monoisotopic (exact) mass is 294 g/mol. The molecular weight excluding hydrogens is 283 g/mol. The average molecular weight is 295 g/mol. The summed E-state index contributed by atoms with van der Waals surface area (Å²) in [5.74, 6) is -0.927. The number of rotatable bonds is 6. The lowest BCUT2D eigenvalue weighted by atomic mass is 10.0. The van der Waals surface area contributed by atoms with Crippen LogP contribution in [0.4, 0.5) is 5.88 Å². The Morgan fingerprint density at radius 1 is 1.50 bits per heavy atom. The second kappa shape index (κ2) is 6.06. The van der Waals surface area contributed by atoms with Gasteiger partial charge in [0, 0.05) is 11.8 Å². The van der Waals surface area contributed by atoms with Crippen LogP contribution in [0.2, 0.25) is 0 Å². The van der Waals surface area contributed by atoms with E-state index in [1.807, 2.05) is 6.92 Å². The molecule has 0 aliphatic rings. The number of nitro groups is 1. The van der Waals surface area contributed by atoms with Gasteiger partial charge in [-0.05, 0) is 12.5 Å². The standard InChI is InChI=1S/C10H12Cl2N2O4/c1-2-10(5-11,6-12)13-9(15)7-3-4-8(18-7)14(16)17/h3-4H,2,5-6H2,1H3,(H,13,15). The third-order valence-electron chi connectivity index (χ3n) is 2.56. The number of nitrogens with one attached hydrogen (secondary N) is 1. The largest absolute Gasteiger partial charge is 0.433 e. The van der Waals surface area contributed by atoms with Gasteiger partial charge < -0.3 is 9.73 Å². The summed E-state index contributed by atoms with van der Waals surface area (Å²) in [5, 5.41) is 13.1. The van der Waals surface area contributed by atoms with E-state index < -0.39 is 22.3 Å². The van der Waals surface area contributed by atoms with Gasteiger partial charge >= 0.3 is 5.88 Å². The number of hydrogen-bond donors (Lipinski definition) is 1. The lowest BCUT2D eigenvalue weighted by molar-refractivity contribution is -0.402. The number of furan rings is 1. The Morgan fingerprint density at radius 2 is 2.11 bits per heavy atom. The average Bonchev–Trinajstić information content (AvgIpc) is 2.86. The minimum Gasteiger partial charge on any atom is -0.395 e. The second-order valence-corrected chi connectivity index (χ2v) is 4.28. The highest BCUT2D eigenvalue weighted by Crippen LogP contribution is 2.19. The number of hydrogen-bond acceptors (Lipinski definition) is 4. The van der Waals surface area contributed by atoms with E-state index in [2.05, 4.69) is 5.32 Å². The quantitative estimate of drug-likeness (QED) is 0.496. The molecule has 0 saturated heterocycles. The second-order valence-electron chi connectivity index (χ2n) is 3.75. The molecule has 0 saturated carbocycles. The van der Waals surface area contributed by atoms with E-state index in [9.17, 15) is 14.9 Å². The van der Waals surface area contributed by atoms with Crippen molar-refractivity contribution in [1.82, 2.24) is 5.32 Å². The molecule has 1 N–H and O–H groups in total. The van der Waals surface area contributed by atoms with Crippen LogP contribution in [0, 0.1) is 10.1 Å². The maximum Gasteiger partial charge on any atom is 0.433 e. The summed E-state index contributed by atoms with van der Waals surface area (Å²) < 4.78 is 4.79. The maximum absolute atomic E-state index is 11.8. The minimum atomic E-state index is -0.748. The molecule has 1 aromatic rings. The third-order valence-corrected chi connectivity index (χ3v) is 3.59. The molecule has 0 aromatic carbocycles. The third kappa shape index (κ3) is 3.14. The first-order valence-corrected chi connectivity index (χ1v) is 6.23. The van der Waals surface area contributed by atoms with E-state index in [1.165, 1.54) is 6.07 Å². The molecule has 0 fully saturated rings. The van der Waals surface area contributed by atoms with Gasteiger partial charge in [-0.15, -0.1) is 23.2 Å². The normalized spacial score (nSPS) is 11.3. The van der Waals surface area contributed by atoms with Crippen LogP contribution in [0.25, 0.3) is 0 Å². The van der Waals surface area contributed by atoms with Gasteiger partial charge in [-0.2, -0.15) is 0 Å². The van der Waals surface area contributed by atoms with Crippen molar-refractivity contribution < 1.29 is 14.1 Å². The van der Waals surface area contributed by atoms with Crippen LogP contribution >= 0.6 is 23.2 Å². The van der Waals surface area contributed by atoms with Crippen LogP contribution in [0.5, 0.6) is 0 Å². The first-order chi connectivity index (χ1) is 8.48. The van der Waals surface area contributed by atoms with Gasteiger partial charge in [0.05, 0.1) is 11.6 Å². The van der Waals surface area contributed by atoms with Crippen LogP contribution in [0.3, 0.4) is 0 Å². The Morgan fingerprint density at radius 3 is 2.50 bits per heavy atom. The van der Waals surface area contributed by atoms with Crippen molar-refractivity contribution in [2.45, 2.75) is 18.9 Å². The Kier molecular flexibility index (Phi) is 4.98. The van der Waals surface area contributed by atoms with E-state index >= 15 is 0 Å². The molecule has 0 atom stereocenters. The first-order valence-electron chi connectivity index (χ1n) is 5.16. The molecular formula is C10H12Cl2N2O4. The molecule has 1 amide bonds. The Balaban J connectivity index is 2.84. The van der Waals surface area contributed by atoms with Crippen molar-refractivity contribution in [3.8, 4) is 0 Å². The van der Waals surface area contributed by atoms with E-state index in [1.54, 1.807) is 0 Å². The predicted octanol–water partition coefficient (Wildman–Crippen LogP) is 2.54. The van der Waals surface area contributed by atoms with Crippen LogP contribution in [0.15, 0.2) is 16.5 Å². The van der Waals surface area contributed by atoms with Gasteiger partial charge in [-0.3, -0.25) is 14.9 Å². The van der Waals surface area contributed by atoms with Gasteiger partial charge in [-0.1, -0.05) is 6.92 Å². The summed E-state index contributed by atoms with van der Waals surface area (Å²) in [6.45, 7) is 1.83. The highest BCUT2D eigenvalue weighted by Gasteiger charge is 2.30. The fraction of sp³-hybridized carbons (Fsp3) is 0.500. The van der Waals surface area contributed by atoms with Crippen LogP contribution in [-0.4, -0.2) is 28.1 Å². The molecule has 0 aliphatic carbocycles. The van der Waals surface area contributed by atoms with Gasteiger partial charge in [-0.25, -0.2) is 0 Å². The zero-order chi connectivity index (χ0) is 13.8. The lowest BCUT2D eigenvalue weighted by Gasteiger charge is -2.28. The fourth-order valence-corrected chi connectivity index (χ4v) is 2.03. The van der Waals surface area contributed by atoms with Crippen LogP contribution < -0.4 is 5.32 Å². The Hall–Kier alpha value is -1.27. The molecule has 0 radical (unpaired) electrons. The number of alkyl halides is 2. The first kappa shape index (κ1) is 14.8. The topological polar surface area (TPSA) is 85.4 Å². The molecule has 0 unspecified atom stereocenters. The maximum atomic E-state index is 11.8. The summed E-state index contributed by atoms with van der Waals surface area (Å²) in [5.41, 5.74) is -0.748. The smallest absolute Gasteiger partial charge is 0.395 e. The lowest BCUT2D eigenvalue weighted by Crippen LogP contribution is -2.51. The van der Waals surface area contributed by atoms with Crippen LogP contribution in [-0.2, 0) is 0 Å². The fourth-order valence-electron chi connectivity index (χ4n) is 1.23. The Bertz CT molecular complexity index is 435.